The molecule has 8 nitrogen and oxygen atoms in total. The van der Waals surface area contributed by atoms with Crippen LogP contribution in [0, 0.1) is 6.92 Å². The van der Waals surface area contributed by atoms with Crippen LogP contribution < -0.4 is 5.32 Å². The summed E-state index contributed by atoms with van der Waals surface area (Å²) in [5.74, 6) is -0.171. The molecule has 1 N–H and O–H groups in total. The molecule has 28 heavy (non-hydrogen) atoms. The topological polar surface area (TPSA) is 105 Å². The quantitative estimate of drug-likeness (QED) is 0.683. The second kappa shape index (κ2) is 7.46. The van der Waals surface area contributed by atoms with Crippen LogP contribution in [-0.2, 0) is 14.8 Å². The third kappa shape index (κ3) is 3.58. The Morgan fingerprint density at radius 3 is 2.75 bits per heavy atom. The van der Waals surface area contributed by atoms with E-state index in [0.29, 0.717) is 25.3 Å². The SMILES string of the molecule is Cc1ccc(S(=O)(=O)N2CCCC2C(=O)Nc2nnc(-c3cccs3)o2)cc1. The molecule has 4 rings (SSSR count). The summed E-state index contributed by atoms with van der Waals surface area (Å²) in [6, 6.07) is 9.42. The van der Waals surface area contributed by atoms with E-state index in [2.05, 4.69) is 15.5 Å². The number of nitrogens with one attached hydrogen (secondary N) is 1. The first-order chi connectivity index (χ1) is 13.4. The zero-order chi connectivity index (χ0) is 19.7. The van der Waals surface area contributed by atoms with Gasteiger partial charge in [0.2, 0.25) is 15.9 Å². The van der Waals surface area contributed by atoms with Crippen molar-refractivity contribution in [3.05, 3.63) is 47.3 Å². The van der Waals surface area contributed by atoms with Gasteiger partial charge in [-0.05, 0) is 43.3 Å². The molecule has 0 spiro atoms. The molecular weight excluding hydrogens is 400 g/mol. The summed E-state index contributed by atoms with van der Waals surface area (Å²) in [4.78, 5) is 13.7. The Kier molecular flexibility index (Phi) is 5.00. The summed E-state index contributed by atoms with van der Waals surface area (Å²) in [5.41, 5.74) is 0.965. The first-order valence-corrected chi connectivity index (χ1v) is 11.0. The largest absolute Gasteiger partial charge is 0.402 e. The molecule has 3 heterocycles. The van der Waals surface area contributed by atoms with Gasteiger partial charge in [-0.3, -0.25) is 10.1 Å². The van der Waals surface area contributed by atoms with E-state index in [9.17, 15) is 13.2 Å². The number of carbonyl (C=O) groups is 1. The van der Waals surface area contributed by atoms with Crippen LogP contribution in [0.4, 0.5) is 6.01 Å². The van der Waals surface area contributed by atoms with Gasteiger partial charge in [-0.2, -0.15) is 4.31 Å². The number of nitrogens with zero attached hydrogens (tertiary/aromatic N) is 3. The van der Waals surface area contributed by atoms with Crippen molar-refractivity contribution < 1.29 is 17.6 Å². The Balaban J connectivity index is 1.51. The Morgan fingerprint density at radius 2 is 2.04 bits per heavy atom. The van der Waals surface area contributed by atoms with Crippen LogP contribution in [0.25, 0.3) is 10.8 Å². The molecule has 0 aliphatic carbocycles. The fourth-order valence-corrected chi connectivity index (χ4v) is 5.40. The Morgan fingerprint density at radius 1 is 1.25 bits per heavy atom. The molecule has 1 aliphatic rings. The highest BCUT2D eigenvalue weighted by atomic mass is 32.2. The van der Waals surface area contributed by atoms with Crippen molar-refractivity contribution in [2.24, 2.45) is 0 Å². The second-order valence-electron chi connectivity index (χ2n) is 6.47. The monoisotopic (exact) mass is 418 g/mol. The second-order valence-corrected chi connectivity index (χ2v) is 9.30. The highest BCUT2D eigenvalue weighted by molar-refractivity contribution is 7.89. The van der Waals surface area contributed by atoms with E-state index in [1.807, 2.05) is 24.4 Å². The summed E-state index contributed by atoms with van der Waals surface area (Å²) in [7, 11) is -3.76. The lowest BCUT2D eigenvalue weighted by atomic mass is 10.2. The minimum Gasteiger partial charge on any atom is -0.402 e. The molecule has 3 aromatic rings. The van der Waals surface area contributed by atoms with Crippen molar-refractivity contribution in [1.29, 1.82) is 0 Å². The molecule has 1 saturated heterocycles. The van der Waals surface area contributed by atoms with E-state index in [-0.39, 0.29) is 10.9 Å². The van der Waals surface area contributed by atoms with Crippen LogP contribution in [0.15, 0.2) is 51.1 Å². The van der Waals surface area contributed by atoms with Gasteiger partial charge in [0.25, 0.3) is 5.89 Å². The van der Waals surface area contributed by atoms with Gasteiger partial charge < -0.3 is 4.42 Å². The maximum Gasteiger partial charge on any atom is 0.322 e. The number of aryl methyl sites for hydroxylation is 1. The molecule has 1 atom stereocenters. The normalized spacial score (nSPS) is 17.7. The summed E-state index contributed by atoms with van der Waals surface area (Å²) in [5, 5.41) is 12.2. The van der Waals surface area contributed by atoms with Crippen LogP contribution in [0.3, 0.4) is 0 Å². The zero-order valence-corrected chi connectivity index (χ0v) is 16.7. The summed E-state index contributed by atoms with van der Waals surface area (Å²) in [6.45, 7) is 2.18. The molecule has 1 amide bonds. The van der Waals surface area contributed by atoms with Gasteiger partial charge in [0.15, 0.2) is 0 Å². The minimum absolute atomic E-state index is 0.0482. The predicted molar refractivity (Wildman–Crippen MR) is 104 cm³/mol. The maximum absolute atomic E-state index is 13.0. The van der Waals surface area contributed by atoms with E-state index in [0.717, 1.165) is 10.4 Å². The highest BCUT2D eigenvalue weighted by Gasteiger charge is 2.39. The van der Waals surface area contributed by atoms with Crippen molar-refractivity contribution in [2.45, 2.75) is 30.7 Å². The van der Waals surface area contributed by atoms with Gasteiger partial charge >= 0.3 is 6.01 Å². The van der Waals surface area contributed by atoms with Crippen LogP contribution in [0.5, 0.6) is 0 Å². The van der Waals surface area contributed by atoms with Crippen LogP contribution in [0.2, 0.25) is 0 Å². The van der Waals surface area contributed by atoms with Crippen molar-refractivity contribution in [1.82, 2.24) is 14.5 Å². The summed E-state index contributed by atoms with van der Waals surface area (Å²) < 4.78 is 32.6. The van der Waals surface area contributed by atoms with E-state index < -0.39 is 22.0 Å². The molecule has 146 valence electrons. The minimum atomic E-state index is -3.76. The summed E-state index contributed by atoms with van der Waals surface area (Å²) >= 11 is 1.44. The van der Waals surface area contributed by atoms with Gasteiger partial charge in [0.1, 0.15) is 6.04 Å². The standard InChI is InChI=1S/C18H18N4O4S2/c1-12-6-8-13(9-7-12)28(24,25)22-10-2-4-14(22)16(23)19-18-21-20-17(26-18)15-5-3-11-27-15/h3,5-9,11,14H,2,4,10H2,1H3,(H,19,21,23). The number of thiophene rings is 1. The Hall–Kier alpha value is -2.56. The fraction of sp³-hybridized carbons (Fsp3) is 0.278. The van der Waals surface area contributed by atoms with Crippen molar-refractivity contribution >= 4 is 33.3 Å². The van der Waals surface area contributed by atoms with Crippen molar-refractivity contribution in [3.63, 3.8) is 0 Å². The number of rotatable bonds is 5. The highest BCUT2D eigenvalue weighted by Crippen LogP contribution is 2.28. The van der Waals surface area contributed by atoms with Crippen molar-refractivity contribution in [2.75, 3.05) is 11.9 Å². The lowest BCUT2D eigenvalue weighted by Crippen LogP contribution is -2.43. The van der Waals surface area contributed by atoms with Gasteiger partial charge in [-0.25, -0.2) is 8.42 Å². The number of sulfonamides is 1. The van der Waals surface area contributed by atoms with Gasteiger partial charge in [0, 0.05) is 6.54 Å². The van der Waals surface area contributed by atoms with Gasteiger partial charge in [-0.1, -0.05) is 28.9 Å². The molecule has 2 aromatic heterocycles. The van der Waals surface area contributed by atoms with Gasteiger partial charge in [-0.15, -0.1) is 16.4 Å². The van der Waals surface area contributed by atoms with E-state index in [1.54, 1.807) is 24.3 Å². The fourth-order valence-electron chi connectivity index (χ4n) is 3.10. The molecule has 1 unspecified atom stereocenters. The lowest BCUT2D eigenvalue weighted by Gasteiger charge is -2.22. The predicted octanol–water partition coefficient (Wildman–Crippen LogP) is 2.90. The number of benzene rings is 1. The lowest BCUT2D eigenvalue weighted by molar-refractivity contribution is -0.119. The number of hydrogen-bond donors (Lipinski definition) is 1. The molecule has 0 bridgehead atoms. The number of anilines is 1. The Bertz CT molecular complexity index is 1080. The Labute approximate surface area is 166 Å². The molecule has 0 saturated carbocycles. The molecule has 1 aliphatic heterocycles. The average Bonchev–Trinajstić information content (AvgIpc) is 3.42. The number of carbonyl (C=O) groups excluding carboxylic acids is 1. The molecule has 0 radical (unpaired) electrons. The number of aromatic nitrogens is 2. The number of amides is 1. The zero-order valence-electron chi connectivity index (χ0n) is 15.0. The van der Waals surface area contributed by atoms with Crippen molar-refractivity contribution in [3.8, 4) is 10.8 Å². The third-order valence-electron chi connectivity index (χ3n) is 4.52. The average molecular weight is 419 g/mol. The van der Waals surface area contributed by atoms with E-state index >= 15 is 0 Å². The summed E-state index contributed by atoms with van der Waals surface area (Å²) in [6.07, 6.45) is 1.04. The third-order valence-corrected chi connectivity index (χ3v) is 7.30. The smallest absolute Gasteiger partial charge is 0.322 e. The first-order valence-electron chi connectivity index (χ1n) is 8.72. The molecule has 1 fully saturated rings. The van der Waals surface area contributed by atoms with E-state index in [1.165, 1.54) is 15.6 Å². The maximum atomic E-state index is 13.0. The molecule has 1 aromatic carbocycles. The van der Waals surface area contributed by atoms with Crippen LogP contribution in [-0.4, -0.2) is 41.4 Å². The molecular formula is C18H18N4O4S2. The number of hydrogen-bond acceptors (Lipinski definition) is 7. The van der Waals surface area contributed by atoms with E-state index in [4.69, 9.17) is 4.42 Å². The molecule has 10 heteroatoms. The van der Waals surface area contributed by atoms with Gasteiger partial charge in [0.05, 0.1) is 9.77 Å². The van der Waals surface area contributed by atoms with Crippen LogP contribution in [0.1, 0.15) is 18.4 Å². The van der Waals surface area contributed by atoms with Crippen LogP contribution >= 0.6 is 11.3 Å². The first kappa shape index (κ1) is 18.8.